The zero-order valence-corrected chi connectivity index (χ0v) is 17.9. The Morgan fingerprint density at radius 3 is 2.81 bits per heavy atom. The quantitative estimate of drug-likeness (QED) is 0.507. The smallest absolute Gasteiger partial charge is 0.403 e. The fourth-order valence-electron chi connectivity index (χ4n) is 3.17. The lowest BCUT2D eigenvalue weighted by Crippen LogP contribution is -2.41. The molecule has 0 radical (unpaired) electrons. The van der Waals surface area contributed by atoms with Crippen LogP contribution in [0.15, 0.2) is 35.3 Å². The van der Waals surface area contributed by atoms with E-state index >= 15 is 0 Å². The number of aliphatic hydroxyl groups excluding tert-OH is 2. The molecule has 4 N–H and O–H groups in total. The van der Waals surface area contributed by atoms with E-state index in [1.54, 1.807) is 26.0 Å². The van der Waals surface area contributed by atoms with Crippen LogP contribution in [0, 0.1) is 12.8 Å². The minimum atomic E-state index is -3.98. The van der Waals surface area contributed by atoms with Gasteiger partial charge in [0.2, 0.25) is 0 Å². The largest absolute Gasteiger partial charge is 0.530 e. The molecule has 5 unspecified atom stereocenters. The molecule has 0 saturated carbocycles. The molecule has 12 heteroatoms. The SMILES string of the molecule is CCC(COP1(=O)OCc2cccc(C)c2O1)C(O)C(F)C(O)n1ccc(N)nc1=O. The lowest BCUT2D eigenvalue weighted by Gasteiger charge is -2.30. The third kappa shape index (κ3) is 5.13. The van der Waals surface area contributed by atoms with Crippen molar-refractivity contribution in [3.63, 3.8) is 0 Å². The van der Waals surface area contributed by atoms with Crippen molar-refractivity contribution in [1.82, 2.24) is 9.55 Å². The molecule has 1 aliphatic heterocycles. The van der Waals surface area contributed by atoms with Gasteiger partial charge in [0.15, 0.2) is 12.4 Å². The van der Waals surface area contributed by atoms with Crippen molar-refractivity contribution in [1.29, 1.82) is 0 Å². The fraction of sp³-hybridized carbons (Fsp3) is 0.474. The Morgan fingerprint density at radius 2 is 2.13 bits per heavy atom. The van der Waals surface area contributed by atoms with E-state index in [4.69, 9.17) is 19.3 Å². The average molecular weight is 457 g/mol. The Kier molecular flexibility index (Phi) is 7.13. The highest BCUT2D eigenvalue weighted by Crippen LogP contribution is 2.55. The first-order chi connectivity index (χ1) is 14.6. The maximum Gasteiger partial charge on any atom is 0.530 e. The highest BCUT2D eigenvalue weighted by molar-refractivity contribution is 7.49. The van der Waals surface area contributed by atoms with E-state index in [1.807, 2.05) is 6.07 Å². The second kappa shape index (κ2) is 9.46. The number of benzene rings is 1. The van der Waals surface area contributed by atoms with E-state index in [2.05, 4.69) is 4.98 Å². The molecule has 3 rings (SSSR count). The zero-order chi connectivity index (χ0) is 22.8. The van der Waals surface area contributed by atoms with Gasteiger partial charge in [-0.1, -0.05) is 25.1 Å². The number of nitrogens with zero attached hydrogens (tertiary/aromatic N) is 2. The normalized spacial score (nSPS) is 22.1. The first kappa shape index (κ1) is 23.4. The number of aliphatic hydroxyl groups is 2. The van der Waals surface area contributed by atoms with Crippen LogP contribution in [0.4, 0.5) is 10.2 Å². The summed E-state index contributed by atoms with van der Waals surface area (Å²) in [5, 5.41) is 20.6. The summed E-state index contributed by atoms with van der Waals surface area (Å²) in [6.45, 7) is 3.10. The standard InChI is InChI=1S/C19H25FN3O7P/c1-3-12(16(24)15(20)18(25)23-8-7-14(21)22-19(23)26)9-28-31(27)29-10-13-6-4-5-11(2)17(13)30-31/h4-8,12,15-16,18,24-25H,3,9-10H2,1-2H3,(H2,21,22,26). The van der Waals surface area contributed by atoms with E-state index in [9.17, 15) is 24.0 Å². The number of aryl methyl sites for hydroxylation is 1. The van der Waals surface area contributed by atoms with Gasteiger partial charge in [-0.05, 0) is 25.0 Å². The molecule has 0 saturated heterocycles. The van der Waals surface area contributed by atoms with Crippen molar-refractivity contribution in [2.24, 2.45) is 5.92 Å². The zero-order valence-electron chi connectivity index (χ0n) is 17.1. The van der Waals surface area contributed by atoms with Crippen LogP contribution >= 0.6 is 7.82 Å². The topological polar surface area (TPSA) is 146 Å². The maximum absolute atomic E-state index is 14.8. The van der Waals surface area contributed by atoms with Gasteiger partial charge >= 0.3 is 13.5 Å². The van der Waals surface area contributed by atoms with E-state index in [0.29, 0.717) is 10.3 Å². The highest BCUT2D eigenvalue weighted by Gasteiger charge is 2.39. The monoisotopic (exact) mass is 457 g/mol. The number of fused-ring (bicyclic) bond motifs is 1. The van der Waals surface area contributed by atoms with Crippen molar-refractivity contribution in [2.45, 2.75) is 45.4 Å². The predicted molar refractivity (Wildman–Crippen MR) is 109 cm³/mol. The third-order valence-electron chi connectivity index (χ3n) is 5.08. The van der Waals surface area contributed by atoms with Gasteiger partial charge in [-0.2, -0.15) is 4.98 Å². The summed E-state index contributed by atoms with van der Waals surface area (Å²) in [5.41, 5.74) is 5.89. The fourth-order valence-corrected chi connectivity index (χ4v) is 4.51. The lowest BCUT2D eigenvalue weighted by atomic mass is 9.96. The molecule has 0 amide bonds. The number of rotatable bonds is 8. The van der Waals surface area contributed by atoms with E-state index in [-0.39, 0.29) is 25.5 Å². The minimum absolute atomic E-state index is 0.0190. The number of para-hydroxylation sites is 1. The molecule has 1 aromatic carbocycles. The molecule has 170 valence electrons. The number of nitrogens with two attached hydrogens (primary N) is 1. The van der Waals surface area contributed by atoms with E-state index < -0.39 is 37.9 Å². The van der Waals surface area contributed by atoms with Crippen molar-refractivity contribution in [2.75, 3.05) is 12.3 Å². The Labute approximate surface area is 178 Å². The first-order valence-corrected chi connectivity index (χ1v) is 11.1. The number of anilines is 1. The number of hydrogen-bond acceptors (Lipinski definition) is 9. The maximum atomic E-state index is 14.8. The molecule has 1 aromatic heterocycles. The Hall–Kier alpha value is -2.30. The molecule has 0 aliphatic carbocycles. The first-order valence-electron chi connectivity index (χ1n) is 9.67. The van der Waals surface area contributed by atoms with Gasteiger partial charge in [-0.15, -0.1) is 0 Å². The minimum Gasteiger partial charge on any atom is -0.403 e. The molecule has 2 heterocycles. The summed E-state index contributed by atoms with van der Waals surface area (Å²) in [5.74, 6) is -0.559. The van der Waals surface area contributed by atoms with Gasteiger partial charge in [0.1, 0.15) is 11.6 Å². The molecule has 0 fully saturated rings. The van der Waals surface area contributed by atoms with Gasteiger partial charge in [0, 0.05) is 17.7 Å². The molecule has 0 spiro atoms. The van der Waals surface area contributed by atoms with Crippen molar-refractivity contribution >= 4 is 13.6 Å². The van der Waals surface area contributed by atoms with Crippen LogP contribution in [-0.4, -0.2) is 38.6 Å². The van der Waals surface area contributed by atoms with Gasteiger partial charge in [-0.3, -0.25) is 13.6 Å². The van der Waals surface area contributed by atoms with E-state index in [0.717, 1.165) is 17.3 Å². The Balaban J connectivity index is 1.67. The molecule has 2 aromatic rings. The van der Waals surface area contributed by atoms with Gasteiger partial charge in [0.05, 0.1) is 19.3 Å². The van der Waals surface area contributed by atoms with Crippen molar-refractivity contribution in [3.8, 4) is 5.75 Å². The lowest BCUT2D eigenvalue weighted by molar-refractivity contribution is -0.0780. The van der Waals surface area contributed by atoms with Gasteiger partial charge in [0.25, 0.3) is 0 Å². The summed E-state index contributed by atoms with van der Waals surface area (Å²) in [4.78, 5) is 15.2. The molecular formula is C19H25FN3O7P. The molecular weight excluding hydrogens is 432 g/mol. The molecule has 31 heavy (non-hydrogen) atoms. The number of alkyl halides is 1. The highest BCUT2D eigenvalue weighted by atomic mass is 31.2. The Bertz CT molecular complexity index is 1030. The number of phosphoric acid groups is 1. The summed E-state index contributed by atoms with van der Waals surface area (Å²) < 4.78 is 44.3. The summed E-state index contributed by atoms with van der Waals surface area (Å²) in [6.07, 6.45) is -4.70. The van der Waals surface area contributed by atoms with Crippen molar-refractivity contribution in [3.05, 3.63) is 52.1 Å². The summed E-state index contributed by atoms with van der Waals surface area (Å²) >= 11 is 0. The van der Waals surface area contributed by atoms with Crippen LogP contribution < -0.4 is 15.9 Å². The van der Waals surface area contributed by atoms with Crippen LogP contribution in [0.5, 0.6) is 5.75 Å². The van der Waals surface area contributed by atoms with Crippen LogP contribution in [0.25, 0.3) is 0 Å². The number of phosphoric ester groups is 1. The number of aromatic nitrogens is 2. The van der Waals surface area contributed by atoms with Crippen LogP contribution in [0.2, 0.25) is 0 Å². The van der Waals surface area contributed by atoms with Crippen LogP contribution in [0.1, 0.15) is 30.7 Å². The van der Waals surface area contributed by atoms with Gasteiger partial charge in [-0.25, -0.2) is 13.8 Å². The number of halogens is 1. The van der Waals surface area contributed by atoms with Crippen molar-refractivity contribution < 1.29 is 32.7 Å². The number of nitrogen functional groups attached to an aromatic ring is 1. The second-order valence-corrected chi connectivity index (χ2v) is 8.82. The molecule has 10 nitrogen and oxygen atoms in total. The molecule has 0 bridgehead atoms. The third-order valence-corrected chi connectivity index (χ3v) is 6.39. The van der Waals surface area contributed by atoms with Crippen LogP contribution in [0.3, 0.4) is 0 Å². The number of hydrogen-bond donors (Lipinski definition) is 3. The predicted octanol–water partition coefficient (Wildman–Crippen LogP) is 2.08. The average Bonchev–Trinajstić information content (AvgIpc) is 2.74. The Morgan fingerprint density at radius 1 is 1.39 bits per heavy atom. The van der Waals surface area contributed by atoms with Crippen LogP contribution in [-0.2, 0) is 20.2 Å². The summed E-state index contributed by atoms with van der Waals surface area (Å²) in [7, 11) is -3.98. The van der Waals surface area contributed by atoms with E-state index in [1.165, 1.54) is 6.07 Å². The summed E-state index contributed by atoms with van der Waals surface area (Å²) in [6, 6.07) is 6.59. The molecule has 1 aliphatic rings. The second-order valence-electron chi connectivity index (χ2n) is 7.23. The molecule has 5 atom stereocenters. The van der Waals surface area contributed by atoms with Gasteiger partial charge < -0.3 is 20.5 Å².